The number of ether oxygens (including phenoxy) is 1. The lowest BCUT2D eigenvalue weighted by molar-refractivity contribution is -0.126. The van der Waals surface area contributed by atoms with E-state index in [0.29, 0.717) is 30.1 Å². The number of pyridine rings is 1. The highest BCUT2D eigenvalue weighted by atomic mass is 19.1. The topological polar surface area (TPSA) is 80.5 Å². The van der Waals surface area contributed by atoms with Crippen LogP contribution in [0.1, 0.15) is 30.0 Å². The van der Waals surface area contributed by atoms with Gasteiger partial charge in [0, 0.05) is 30.9 Å². The molecule has 1 aliphatic heterocycles. The summed E-state index contributed by atoms with van der Waals surface area (Å²) in [6.45, 7) is 4.67. The van der Waals surface area contributed by atoms with Gasteiger partial charge in [0.15, 0.2) is 5.82 Å². The van der Waals surface area contributed by atoms with Gasteiger partial charge in [-0.3, -0.25) is 9.78 Å². The Morgan fingerprint density at radius 1 is 1.21 bits per heavy atom. The van der Waals surface area contributed by atoms with E-state index in [1.807, 2.05) is 54.6 Å². The van der Waals surface area contributed by atoms with Crippen LogP contribution in [0.15, 0.2) is 79.6 Å². The molecule has 3 N–H and O–H groups in total. The summed E-state index contributed by atoms with van der Waals surface area (Å²) in [5.74, 6) is 0.836. The summed E-state index contributed by atoms with van der Waals surface area (Å²) in [6.07, 6.45) is 5.82. The van der Waals surface area contributed by atoms with E-state index in [-0.39, 0.29) is 11.9 Å². The Balaban J connectivity index is 1.49. The van der Waals surface area contributed by atoms with Gasteiger partial charge in [-0.15, -0.1) is 0 Å². The minimum absolute atomic E-state index is 0.0263. The average Bonchev–Trinajstić information content (AvgIpc) is 3.32. The fraction of sp³-hybridized carbons (Fsp3) is 0.231. The fourth-order valence-corrected chi connectivity index (χ4v) is 4.09. The van der Waals surface area contributed by atoms with E-state index in [9.17, 15) is 9.18 Å². The number of likely N-dealkylation sites (tertiary alicyclic amines) is 1. The zero-order valence-electron chi connectivity index (χ0n) is 18.3. The van der Waals surface area contributed by atoms with Gasteiger partial charge in [-0.1, -0.05) is 36.9 Å². The van der Waals surface area contributed by atoms with E-state index < -0.39 is 11.9 Å². The van der Waals surface area contributed by atoms with Gasteiger partial charge in [0.2, 0.25) is 5.91 Å². The van der Waals surface area contributed by atoms with Crippen LogP contribution in [-0.2, 0) is 4.79 Å². The minimum Gasteiger partial charge on any atom is -0.457 e. The predicted octanol–water partition coefficient (Wildman–Crippen LogP) is 4.65. The van der Waals surface area contributed by atoms with Gasteiger partial charge in [-0.05, 0) is 48.7 Å². The lowest BCUT2D eigenvalue weighted by Gasteiger charge is -2.25. The Labute approximate surface area is 192 Å². The average molecular weight is 447 g/mol. The molecule has 0 saturated carbocycles. The van der Waals surface area contributed by atoms with E-state index in [2.05, 4.69) is 16.9 Å². The normalized spacial score (nSPS) is 16.3. The SMILES string of the molecule is C=CC(=O)N1CCCC1CNc1c(F)cncc1C(N)c1ccc(Oc2ccccc2)cc1. The molecule has 1 fully saturated rings. The summed E-state index contributed by atoms with van der Waals surface area (Å²) < 4.78 is 20.6. The van der Waals surface area contributed by atoms with Gasteiger partial charge in [-0.2, -0.15) is 0 Å². The highest BCUT2D eigenvalue weighted by molar-refractivity contribution is 5.87. The summed E-state index contributed by atoms with van der Waals surface area (Å²) in [6, 6.07) is 16.3. The van der Waals surface area contributed by atoms with Crippen molar-refractivity contribution in [1.29, 1.82) is 0 Å². The number of nitrogens with zero attached hydrogens (tertiary/aromatic N) is 2. The Morgan fingerprint density at radius 3 is 2.67 bits per heavy atom. The maximum Gasteiger partial charge on any atom is 0.246 e. The number of para-hydroxylation sites is 1. The van der Waals surface area contributed by atoms with Crippen LogP contribution in [0.25, 0.3) is 0 Å². The number of carbonyl (C=O) groups is 1. The first-order valence-electron chi connectivity index (χ1n) is 11.0. The smallest absolute Gasteiger partial charge is 0.246 e. The number of hydrogen-bond donors (Lipinski definition) is 2. The maximum atomic E-state index is 14.7. The van der Waals surface area contributed by atoms with Crippen LogP contribution in [0, 0.1) is 5.82 Å². The van der Waals surface area contributed by atoms with Crippen molar-refractivity contribution in [3.8, 4) is 11.5 Å². The Bertz CT molecular complexity index is 1110. The molecule has 0 bridgehead atoms. The number of aromatic nitrogens is 1. The molecule has 2 heterocycles. The van der Waals surface area contributed by atoms with E-state index in [1.54, 1.807) is 11.1 Å². The number of benzene rings is 2. The van der Waals surface area contributed by atoms with Crippen molar-refractivity contribution in [1.82, 2.24) is 9.88 Å². The number of nitrogens with one attached hydrogen (secondary N) is 1. The van der Waals surface area contributed by atoms with Crippen LogP contribution in [0.4, 0.5) is 10.1 Å². The lowest BCUT2D eigenvalue weighted by atomic mass is 9.99. The van der Waals surface area contributed by atoms with Crippen molar-refractivity contribution in [2.24, 2.45) is 5.73 Å². The number of hydrogen-bond acceptors (Lipinski definition) is 5. The second kappa shape index (κ2) is 10.3. The van der Waals surface area contributed by atoms with Crippen LogP contribution >= 0.6 is 0 Å². The highest BCUT2D eigenvalue weighted by Crippen LogP contribution is 2.30. The Kier molecular flexibility index (Phi) is 7.00. The number of amides is 1. The van der Waals surface area contributed by atoms with Crippen molar-refractivity contribution >= 4 is 11.6 Å². The van der Waals surface area contributed by atoms with Crippen molar-refractivity contribution in [3.63, 3.8) is 0 Å². The van der Waals surface area contributed by atoms with Gasteiger partial charge in [0.05, 0.1) is 17.9 Å². The Morgan fingerprint density at radius 2 is 1.94 bits per heavy atom. The van der Waals surface area contributed by atoms with Crippen LogP contribution in [0.2, 0.25) is 0 Å². The summed E-state index contributed by atoms with van der Waals surface area (Å²) in [5.41, 5.74) is 8.16. The third kappa shape index (κ3) is 5.21. The third-order valence-corrected chi connectivity index (χ3v) is 5.83. The molecule has 4 rings (SSSR count). The van der Waals surface area contributed by atoms with Gasteiger partial charge in [0.1, 0.15) is 11.5 Å². The standard InChI is InChI=1S/C26H27FN4O2/c1-2-24(32)31-14-6-7-19(31)15-30-26-22(16-29-17-23(26)27)25(28)18-10-12-21(13-11-18)33-20-8-4-3-5-9-20/h2-5,8-13,16-17,19,25H,1,6-7,14-15,28H2,(H,29,30). The number of rotatable bonds is 8. The molecule has 1 saturated heterocycles. The van der Waals surface area contributed by atoms with E-state index in [0.717, 1.165) is 30.4 Å². The number of anilines is 1. The molecule has 0 aliphatic carbocycles. The van der Waals surface area contributed by atoms with Crippen LogP contribution in [0.5, 0.6) is 11.5 Å². The first-order chi connectivity index (χ1) is 16.1. The van der Waals surface area contributed by atoms with E-state index >= 15 is 0 Å². The molecule has 2 aromatic carbocycles. The molecule has 0 spiro atoms. The molecule has 1 aromatic heterocycles. The van der Waals surface area contributed by atoms with Gasteiger partial charge < -0.3 is 20.7 Å². The fourth-order valence-electron chi connectivity index (χ4n) is 4.09. The number of carbonyl (C=O) groups excluding carboxylic acids is 1. The molecule has 7 heteroatoms. The summed E-state index contributed by atoms with van der Waals surface area (Å²) in [4.78, 5) is 17.8. The Hall–Kier alpha value is -3.71. The zero-order valence-corrected chi connectivity index (χ0v) is 18.3. The quantitative estimate of drug-likeness (QED) is 0.493. The van der Waals surface area contributed by atoms with Crippen molar-refractivity contribution in [2.45, 2.75) is 24.9 Å². The van der Waals surface area contributed by atoms with Crippen LogP contribution in [-0.4, -0.2) is 34.9 Å². The third-order valence-electron chi connectivity index (χ3n) is 5.83. The van der Waals surface area contributed by atoms with E-state index in [1.165, 1.54) is 6.08 Å². The summed E-state index contributed by atoms with van der Waals surface area (Å²) in [5, 5.41) is 3.18. The summed E-state index contributed by atoms with van der Waals surface area (Å²) >= 11 is 0. The number of halogens is 1. The second-order valence-electron chi connectivity index (χ2n) is 7.96. The van der Waals surface area contributed by atoms with Crippen LogP contribution < -0.4 is 15.8 Å². The molecular formula is C26H27FN4O2. The predicted molar refractivity (Wildman–Crippen MR) is 127 cm³/mol. The monoisotopic (exact) mass is 446 g/mol. The molecule has 2 unspecified atom stereocenters. The highest BCUT2D eigenvalue weighted by Gasteiger charge is 2.28. The molecule has 6 nitrogen and oxygen atoms in total. The van der Waals surface area contributed by atoms with Gasteiger partial charge in [-0.25, -0.2) is 4.39 Å². The molecular weight excluding hydrogens is 419 g/mol. The first kappa shape index (κ1) is 22.5. The maximum absolute atomic E-state index is 14.7. The van der Waals surface area contributed by atoms with Gasteiger partial charge >= 0.3 is 0 Å². The van der Waals surface area contributed by atoms with Gasteiger partial charge in [0.25, 0.3) is 0 Å². The molecule has 1 aliphatic rings. The van der Waals surface area contributed by atoms with Crippen LogP contribution in [0.3, 0.4) is 0 Å². The largest absolute Gasteiger partial charge is 0.457 e. The second-order valence-corrected chi connectivity index (χ2v) is 7.96. The number of nitrogens with two attached hydrogens (primary N) is 1. The molecule has 2 atom stereocenters. The first-order valence-corrected chi connectivity index (χ1v) is 11.0. The molecule has 170 valence electrons. The summed E-state index contributed by atoms with van der Waals surface area (Å²) in [7, 11) is 0. The van der Waals surface area contributed by atoms with Crippen molar-refractivity contribution in [3.05, 3.63) is 96.6 Å². The molecule has 1 amide bonds. The molecule has 3 aromatic rings. The minimum atomic E-state index is -0.587. The zero-order chi connectivity index (χ0) is 23.2. The van der Waals surface area contributed by atoms with Crippen molar-refractivity contribution < 1.29 is 13.9 Å². The lowest BCUT2D eigenvalue weighted by Crippen LogP contribution is -2.38. The van der Waals surface area contributed by atoms with E-state index in [4.69, 9.17) is 10.5 Å². The molecule has 33 heavy (non-hydrogen) atoms. The molecule has 0 radical (unpaired) electrons. The van der Waals surface area contributed by atoms with Crippen molar-refractivity contribution in [2.75, 3.05) is 18.4 Å².